The topological polar surface area (TPSA) is 76.5 Å². The van der Waals surface area contributed by atoms with Gasteiger partial charge in [-0.2, -0.15) is 13.2 Å². The Bertz CT molecular complexity index is 1870. The molecule has 6 rings (SSSR count). The largest absolute Gasteiger partial charge is 0.492 e. The number of ether oxygens (including phenoxy) is 1. The molecule has 11 heteroatoms. The Morgan fingerprint density at radius 3 is 2.52 bits per heavy atom. The van der Waals surface area contributed by atoms with Crippen molar-refractivity contribution in [2.45, 2.75) is 58.8 Å². The van der Waals surface area contributed by atoms with Gasteiger partial charge in [-0.3, -0.25) is 14.2 Å². The van der Waals surface area contributed by atoms with E-state index >= 15 is 0 Å². The lowest BCUT2D eigenvalue weighted by atomic mass is 10.0. The number of fused-ring (bicyclic) bond motifs is 2. The Hall–Kier alpha value is -4.22. The molecule has 0 spiro atoms. The Labute approximate surface area is 269 Å². The number of carbonyl (C=O) groups excluding carboxylic acids is 1. The predicted octanol–water partition coefficient (Wildman–Crippen LogP) is 7.22. The third-order valence-electron chi connectivity index (χ3n) is 8.44. The average molecular weight is 649 g/mol. The highest BCUT2D eigenvalue weighted by molar-refractivity contribution is 7.13. The smallest absolute Gasteiger partial charge is 0.416 e. The zero-order valence-electron chi connectivity index (χ0n) is 26.1. The highest BCUT2D eigenvalue weighted by atomic mass is 32.1. The fourth-order valence-electron chi connectivity index (χ4n) is 6.30. The van der Waals surface area contributed by atoms with Crippen LogP contribution >= 0.6 is 11.3 Å². The summed E-state index contributed by atoms with van der Waals surface area (Å²) in [6, 6.07) is 12.4. The van der Waals surface area contributed by atoms with E-state index in [0.717, 1.165) is 36.2 Å². The molecule has 0 radical (unpaired) electrons. The maximum Gasteiger partial charge on any atom is 0.416 e. The van der Waals surface area contributed by atoms with Crippen LogP contribution in [-0.2, 0) is 12.6 Å². The minimum absolute atomic E-state index is 0.0638. The number of allylic oxidation sites excluding steroid dienone is 1. The van der Waals surface area contributed by atoms with E-state index in [9.17, 15) is 22.8 Å². The second-order valence-corrected chi connectivity index (χ2v) is 12.7. The number of thiazole rings is 1. The summed E-state index contributed by atoms with van der Waals surface area (Å²) < 4.78 is 47.2. The van der Waals surface area contributed by atoms with Gasteiger partial charge in [0.25, 0.3) is 11.5 Å². The standard InChI is InChI=1S/C35H35F3N4O3S/c1-5-21-8-7-9-30(45-6-2)31(21)42-29(14-20(3)4)26(33(43)41-18-24-15-25(41)17-39-24)16-27(34(42)44)32-40-28(19-46-32)22-10-12-23(13-11-22)35(36,37)38/h7-14,16,19,24-25,39H,5-6,15,17-18H2,1-4H3/t24-,25-/m0/s1. The van der Waals surface area contributed by atoms with Gasteiger partial charge in [-0.25, -0.2) is 4.98 Å². The van der Waals surface area contributed by atoms with Crippen molar-refractivity contribution in [2.75, 3.05) is 19.7 Å². The van der Waals surface area contributed by atoms with Crippen LogP contribution in [0.2, 0.25) is 0 Å². The summed E-state index contributed by atoms with van der Waals surface area (Å²) in [5, 5.41) is 5.52. The maximum absolute atomic E-state index is 14.7. The molecule has 7 nitrogen and oxygen atoms in total. The van der Waals surface area contributed by atoms with Crippen LogP contribution in [0.1, 0.15) is 61.3 Å². The van der Waals surface area contributed by atoms with Crippen LogP contribution in [0.4, 0.5) is 13.2 Å². The zero-order valence-corrected chi connectivity index (χ0v) is 26.9. The van der Waals surface area contributed by atoms with E-state index in [4.69, 9.17) is 9.72 Å². The van der Waals surface area contributed by atoms with E-state index in [1.165, 1.54) is 23.5 Å². The van der Waals surface area contributed by atoms with Crippen molar-refractivity contribution in [3.63, 3.8) is 0 Å². The Morgan fingerprint density at radius 2 is 1.91 bits per heavy atom. The number of aromatic nitrogens is 2. The molecule has 240 valence electrons. The number of nitrogens with one attached hydrogen (secondary N) is 1. The van der Waals surface area contributed by atoms with Gasteiger partial charge < -0.3 is 15.0 Å². The van der Waals surface area contributed by atoms with Crippen molar-refractivity contribution in [3.8, 4) is 33.3 Å². The SMILES string of the molecule is CCOc1cccc(CC)c1-n1c(C=C(C)C)c(C(=O)N2C[C@@H]3C[C@H]2CN3)cc(-c2nc(-c3ccc(C(F)(F)F)cc3)cs2)c1=O. The molecule has 2 aliphatic heterocycles. The number of benzene rings is 2. The molecule has 2 aliphatic rings. The summed E-state index contributed by atoms with van der Waals surface area (Å²) in [6.07, 6.45) is -1.09. The minimum Gasteiger partial charge on any atom is -0.492 e. The van der Waals surface area contributed by atoms with E-state index in [0.29, 0.717) is 58.5 Å². The number of amides is 1. The van der Waals surface area contributed by atoms with E-state index < -0.39 is 11.7 Å². The quantitative estimate of drug-likeness (QED) is 0.219. The first-order valence-corrected chi connectivity index (χ1v) is 16.3. The molecular formula is C35H35F3N4O3S. The van der Waals surface area contributed by atoms with Crippen molar-refractivity contribution < 1.29 is 22.7 Å². The Morgan fingerprint density at radius 1 is 1.15 bits per heavy atom. The fourth-order valence-corrected chi connectivity index (χ4v) is 7.13. The van der Waals surface area contributed by atoms with Crippen LogP contribution < -0.4 is 15.6 Å². The molecule has 0 unspecified atom stereocenters. The molecule has 2 aromatic heterocycles. The molecule has 0 aliphatic carbocycles. The lowest BCUT2D eigenvalue weighted by molar-refractivity contribution is -0.137. The number of carbonyl (C=O) groups is 1. The molecule has 2 saturated heterocycles. The maximum atomic E-state index is 14.7. The number of rotatable bonds is 8. The van der Waals surface area contributed by atoms with Crippen LogP contribution in [0, 0.1) is 0 Å². The summed E-state index contributed by atoms with van der Waals surface area (Å²) in [4.78, 5) is 35.7. The molecule has 4 heterocycles. The average Bonchev–Trinajstić information content (AvgIpc) is 3.79. The first-order chi connectivity index (χ1) is 22.0. The first kappa shape index (κ1) is 31.7. The second kappa shape index (κ2) is 12.5. The van der Waals surface area contributed by atoms with Crippen LogP contribution in [0.25, 0.3) is 33.6 Å². The van der Waals surface area contributed by atoms with Crippen molar-refractivity contribution in [1.29, 1.82) is 0 Å². The molecule has 1 N–H and O–H groups in total. The minimum atomic E-state index is -4.45. The van der Waals surface area contributed by atoms with Crippen LogP contribution in [0.3, 0.4) is 0 Å². The summed E-state index contributed by atoms with van der Waals surface area (Å²) in [5.74, 6) is 0.361. The van der Waals surface area contributed by atoms with Gasteiger partial charge in [-0.15, -0.1) is 11.3 Å². The lowest BCUT2D eigenvalue weighted by Crippen LogP contribution is -2.47. The van der Waals surface area contributed by atoms with E-state index in [-0.39, 0.29) is 29.1 Å². The molecule has 46 heavy (non-hydrogen) atoms. The normalized spacial score (nSPS) is 17.4. The third-order valence-corrected chi connectivity index (χ3v) is 9.32. The number of piperazine rings is 1. The fraction of sp³-hybridized carbons (Fsp3) is 0.343. The van der Waals surface area contributed by atoms with Crippen molar-refractivity contribution >= 4 is 23.3 Å². The number of hydrogen-bond donors (Lipinski definition) is 1. The third kappa shape index (κ3) is 5.89. The van der Waals surface area contributed by atoms with Gasteiger partial charge in [-0.05, 0) is 69.5 Å². The van der Waals surface area contributed by atoms with Gasteiger partial charge in [0.1, 0.15) is 10.8 Å². The van der Waals surface area contributed by atoms with Crippen molar-refractivity contribution in [2.24, 2.45) is 0 Å². The zero-order chi connectivity index (χ0) is 32.7. The van der Waals surface area contributed by atoms with Gasteiger partial charge in [0.05, 0.1) is 40.4 Å². The number of pyridine rings is 1. The number of hydrogen-bond acceptors (Lipinski definition) is 6. The Kier molecular flexibility index (Phi) is 8.64. The number of nitrogens with zero attached hydrogens (tertiary/aromatic N) is 3. The van der Waals surface area contributed by atoms with Gasteiger partial charge in [-0.1, -0.05) is 36.8 Å². The van der Waals surface area contributed by atoms with Gasteiger partial charge in [0.2, 0.25) is 0 Å². The van der Waals surface area contributed by atoms with Gasteiger partial charge >= 0.3 is 6.18 Å². The lowest BCUT2D eigenvalue weighted by Gasteiger charge is -2.29. The highest BCUT2D eigenvalue weighted by Crippen LogP contribution is 2.36. The molecule has 1 amide bonds. The molecule has 2 bridgehead atoms. The van der Waals surface area contributed by atoms with Crippen LogP contribution in [0.15, 0.2) is 64.3 Å². The number of likely N-dealkylation sites (tertiary alicyclic amines) is 1. The molecule has 4 aromatic rings. The van der Waals surface area contributed by atoms with Crippen LogP contribution in [-0.4, -0.2) is 52.1 Å². The van der Waals surface area contributed by atoms with Crippen molar-refractivity contribution in [3.05, 3.63) is 92.2 Å². The number of aryl methyl sites for hydroxylation is 1. The summed E-state index contributed by atoms with van der Waals surface area (Å²) in [5.41, 5.74) is 3.24. The molecule has 2 aromatic carbocycles. The number of halogens is 3. The van der Waals surface area contributed by atoms with E-state index in [2.05, 4.69) is 5.32 Å². The summed E-state index contributed by atoms with van der Waals surface area (Å²) >= 11 is 1.21. The monoisotopic (exact) mass is 648 g/mol. The predicted molar refractivity (Wildman–Crippen MR) is 175 cm³/mol. The van der Waals surface area contributed by atoms with Gasteiger partial charge in [0.15, 0.2) is 0 Å². The number of alkyl halides is 3. The van der Waals surface area contributed by atoms with E-state index in [1.54, 1.807) is 16.0 Å². The number of para-hydroxylation sites is 1. The molecular weight excluding hydrogens is 613 g/mol. The molecule has 2 fully saturated rings. The Balaban J connectivity index is 1.59. The van der Waals surface area contributed by atoms with E-state index in [1.807, 2.05) is 56.9 Å². The molecule has 2 atom stereocenters. The second-order valence-electron chi connectivity index (χ2n) is 11.8. The highest BCUT2D eigenvalue weighted by Gasteiger charge is 2.41. The van der Waals surface area contributed by atoms with Crippen LogP contribution in [0.5, 0.6) is 5.75 Å². The summed E-state index contributed by atoms with van der Waals surface area (Å²) in [6.45, 7) is 9.40. The van der Waals surface area contributed by atoms with Crippen molar-refractivity contribution in [1.82, 2.24) is 19.8 Å². The summed E-state index contributed by atoms with van der Waals surface area (Å²) in [7, 11) is 0. The molecule has 0 saturated carbocycles. The van der Waals surface area contributed by atoms with Gasteiger partial charge in [0, 0.05) is 36.1 Å². The first-order valence-electron chi connectivity index (χ1n) is 15.4.